The summed E-state index contributed by atoms with van der Waals surface area (Å²) in [6.45, 7) is -0.912. The molecule has 2 aliphatic rings. The van der Waals surface area contributed by atoms with Gasteiger partial charge in [0.15, 0.2) is 17.8 Å². The topological polar surface area (TPSA) is 239 Å². The summed E-state index contributed by atoms with van der Waals surface area (Å²) in [7, 11) is 1.06. The van der Waals surface area contributed by atoms with E-state index in [2.05, 4.69) is 0 Å². The van der Waals surface area contributed by atoms with Crippen molar-refractivity contribution in [2.24, 2.45) is 5.92 Å². The molecule has 0 aromatic heterocycles. The van der Waals surface area contributed by atoms with Crippen LogP contribution in [-0.4, -0.2) is 111 Å². The van der Waals surface area contributed by atoms with Gasteiger partial charge in [-0.15, -0.1) is 0 Å². The number of benzene rings is 1. The molecule has 0 bridgehead atoms. The number of ether oxygens (including phenoxy) is 5. The van der Waals surface area contributed by atoms with E-state index in [1.165, 1.54) is 18.2 Å². The van der Waals surface area contributed by atoms with Crippen molar-refractivity contribution in [1.29, 1.82) is 0 Å². The number of aliphatic hydroxyl groups is 4. The van der Waals surface area contributed by atoms with Crippen LogP contribution >= 0.6 is 0 Å². The molecule has 0 amide bonds. The number of rotatable bonds is 10. The standard InChI is InChI=1S/C25H30O15/c1-36-23(35)14-10-38-24(40-25-22(34)21(33)20(32)17(9-26)39-25)13(7-18(29)30)12(14)8-19(31)37-5-4-11-2-3-15(27)16(28)6-11/h2-3,6-7,10,12,17,20-22,24-28,32-34H,4-5,8-9H2,1H3,(H,29,30)/t12-,17+,20+,21-,22+,24+,25+/m0/s1. The summed E-state index contributed by atoms with van der Waals surface area (Å²) in [5.41, 5.74) is 0.0283. The number of carboxylic acid groups (broad SMARTS) is 1. The average molecular weight is 571 g/mol. The van der Waals surface area contributed by atoms with E-state index in [9.17, 15) is 50.1 Å². The Kier molecular flexibility index (Phi) is 10.4. The first kappa shape index (κ1) is 30.8. The molecule has 7 atom stereocenters. The van der Waals surface area contributed by atoms with E-state index in [-0.39, 0.29) is 35.7 Å². The van der Waals surface area contributed by atoms with Crippen LogP contribution in [0.5, 0.6) is 11.5 Å². The molecule has 15 nitrogen and oxygen atoms in total. The largest absolute Gasteiger partial charge is 0.504 e. The molecule has 220 valence electrons. The van der Waals surface area contributed by atoms with Gasteiger partial charge in [-0.05, 0) is 17.7 Å². The number of aromatic hydroxyl groups is 2. The molecular formula is C25H30O15. The van der Waals surface area contributed by atoms with E-state index in [1.807, 2.05) is 0 Å². The summed E-state index contributed by atoms with van der Waals surface area (Å²) in [6.07, 6.45) is -8.94. The smallest absolute Gasteiger partial charge is 0.337 e. The molecule has 3 rings (SSSR count). The minimum Gasteiger partial charge on any atom is -0.504 e. The van der Waals surface area contributed by atoms with Gasteiger partial charge in [0.25, 0.3) is 0 Å². The van der Waals surface area contributed by atoms with Crippen molar-refractivity contribution in [3.05, 3.63) is 47.2 Å². The molecule has 2 heterocycles. The van der Waals surface area contributed by atoms with Crippen LogP contribution in [0.3, 0.4) is 0 Å². The molecule has 1 fully saturated rings. The van der Waals surface area contributed by atoms with Gasteiger partial charge in [-0.2, -0.15) is 0 Å². The van der Waals surface area contributed by atoms with E-state index in [1.54, 1.807) is 0 Å². The van der Waals surface area contributed by atoms with Crippen molar-refractivity contribution in [2.75, 3.05) is 20.3 Å². The fourth-order valence-electron chi connectivity index (χ4n) is 4.13. The molecule has 0 unspecified atom stereocenters. The number of hydrogen-bond acceptors (Lipinski definition) is 14. The Morgan fingerprint density at radius 2 is 1.77 bits per heavy atom. The highest BCUT2D eigenvalue weighted by Gasteiger charge is 2.47. The van der Waals surface area contributed by atoms with Crippen molar-refractivity contribution in [1.82, 2.24) is 0 Å². The zero-order valence-corrected chi connectivity index (χ0v) is 21.2. The average Bonchev–Trinajstić information content (AvgIpc) is 2.92. The molecule has 0 aliphatic carbocycles. The molecule has 7 N–H and O–H groups in total. The second-order valence-corrected chi connectivity index (χ2v) is 8.90. The Morgan fingerprint density at radius 1 is 1.05 bits per heavy atom. The summed E-state index contributed by atoms with van der Waals surface area (Å²) in [6, 6.07) is 4.06. The van der Waals surface area contributed by atoms with Gasteiger partial charge in [0.05, 0.1) is 38.6 Å². The lowest BCUT2D eigenvalue weighted by Crippen LogP contribution is -2.60. The van der Waals surface area contributed by atoms with Crippen molar-refractivity contribution in [2.45, 2.75) is 49.8 Å². The van der Waals surface area contributed by atoms with Crippen LogP contribution in [0.15, 0.2) is 41.7 Å². The van der Waals surface area contributed by atoms with Crippen LogP contribution in [0.1, 0.15) is 12.0 Å². The maximum absolute atomic E-state index is 12.7. The summed E-state index contributed by atoms with van der Waals surface area (Å²) < 4.78 is 26.1. The van der Waals surface area contributed by atoms with Gasteiger partial charge in [0.1, 0.15) is 24.4 Å². The molecule has 1 saturated heterocycles. The van der Waals surface area contributed by atoms with Gasteiger partial charge in [-0.3, -0.25) is 4.79 Å². The maximum atomic E-state index is 12.7. The van der Waals surface area contributed by atoms with Crippen molar-refractivity contribution < 1.29 is 73.8 Å². The first-order valence-corrected chi connectivity index (χ1v) is 12.0. The Labute approximate surface area is 227 Å². The third-order valence-corrected chi connectivity index (χ3v) is 6.25. The predicted molar refractivity (Wildman–Crippen MR) is 128 cm³/mol. The summed E-state index contributed by atoms with van der Waals surface area (Å²) in [5, 5.41) is 68.2. The lowest BCUT2D eigenvalue weighted by Gasteiger charge is -2.41. The Hall–Kier alpha value is -3.73. The Bertz CT molecular complexity index is 1140. The summed E-state index contributed by atoms with van der Waals surface area (Å²) >= 11 is 0. The molecule has 1 aromatic rings. The predicted octanol–water partition coefficient (Wildman–Crippen LogP) is -1.57. The highest BCUT2D eigenvalue weighted by molar-refractivity contribution is 5.91. The number of aliphatic hydroxyl groups excluding tert-OH is 4. The van der Waals surface area contributed by atoms with Gasteiger partial charge in [-0.25, -0.2) is 9.59 Å². The van der Waals surface area contributed by atoms with Gasteiger partial charge < -0.3 is 59.4 Å². The maximum Gasteiger partial charge on any atom is 0.337 e. The number of esters is 2. The second kappa shape index (κ2) is 13.6. The molecule has 2 aliphatic heterocycles. The Balaban J connectivity index is 1.80. The number of methoxy groups -OCH3 is 1. The summed E-state index contributed by atoms with van der Waals surface area (Å²) in [5.74, 6) is -5.27. The summed E-state index contributed by atoms with van der Waals surface area (Å²) in [4.78, 5) is 36.8. The monoisotopic (exact) mass is 570 g/mol. The van der Waals surface area contributed by atoms with Crippen LogP contribution in [0, 0.1) is 5.92 Å². The van der Waals surface area contributed by atoms with E-state index in [4.69, 9.17) is 23.7 Å². The second-order valence-electron chi connectivity index (χ2n) is 8.90. The number of carboxylic acids is 1. The van der Waals surface area contributed by atoms with Gasteiger partial charge in [-0.1, -0.05) is 6.07 Å². The third kappa shape index (κ3) is 7.26. The van der Waals surface area contributed by atoms with Gasteiger partial charge >= 0.3 is 17.9 Å². The van der Waals surface area contributed by atoms with E-state index in [0.717, 1.165) is 13.4 Å². The first-order chi connectivity index (χ1) is 19.0. The molecule has 40 heavy (non-hydrogen) atoms. The highest BCUT2D eigenvalue weighted by Crippen LogP contribution is 2.36. The van der Waals surface area contributed by atoms with Crippen LogP contribution < -0.4 is 0 Å². The normalized spacial score (nSPS) is 29.3. The molecule has 0 spiro atoms. The number of phenolic OH excluding ortho intramolecular Hbond substituents is 2. The minimum atomic E-state index is -1.85. The molecule has 0 radical (unpaired) electrons. The lowest BCUT2D eigenvalue weighted by atomic mass is 9.86. The van der Waals surface area contributed by atoms with Crippen LogP contribution in [0.25, 0.3) is 0 Å². The third-order valence-electron chi connectivity index (χ3n) is 6.25. The fraction of sp³-hybridized carbons (Fsp3) is 0.480. The van der Waals surface area contributed by atoms with Crippen LogP contribution in [0.4, 0.5) is 0 Å². The zero-order valence-electron chi connectivity index (χ0n) is 21.2. The van der Waals surface area contributed by atoms with E-state index in [0.29, 0.717) is 11.6 Å². The van der Waals surface area contributed by atoms with E-state index < -0.39 is 73.8 Å². The lowest BCUT2D eigenvalue weighted by molar-refractivity contribution is -0.327. The van der Waals surface area contributed by atoms with Crippen molar-refractivity contribution in [3.63, 3.8) is 0 Å². The number of aliphatic carboxylic acids is 1. The van der Waals surface area contributed by atoms with Crippen molar-refractivity contribution in [3.8, 4) is 11.5 Å². The zero-order chi connectivity index (χ0) is 29.6. The number of carbonyl (C=O) groups is 3. The SMILES string of the molecule is COC(=O)C1=CO[C@H](O[C@H]2O[C@H](CO)[C@@H](O)[C@H](O)[C@H]2O)C(=CC(=O)O)[C@@H]1CC(=O)OCCc1ccc(O)c(O)c1. The fourth-order valence-corrected chi connectivity index (χ4v) is 4.13. The molecule has 1 aromatic carbocycles. The van der Waals surface area contributed by atoms with Crippen molar-refractivity contribution >= 4 is 17.9 Å². The minimum absolute atomic E-state index is 0.160. The van der Waals surface area contributed by atoms with Gasteiger partial charge in [0.2, 0.25) is 6.29 Å². The molecule has 0 saturated carbocycles. The van der Waals surface area contributed by atoms with E-state index >= 15 is 0 Å². The highest BCUT2D eigenvalue weighted by atomic mass is 16.8. The Morgan fingerprint density at radius 3 is 2.40 bits per heavy atom. The van der Waals surface area contributed by atoms with Crippen LogP contribution in [0.2, 0.25) is 0 Å². The van der Waals surface area contributed by atoms with Gasteiger partial charge in [0, 0.05) is 24.0 Å². The van der Waals surface area contributed by atoms with Crippen LogP contribution in [-0.2, 0) is 44.5 Å². The number of hydrogen-bond donors (Lipinski definition) is 7. The number of carbonyl (C=O) groups excluding carboxylic acids is 2. The molecular weight excluding hydrogens is 540 g/mol. The number of phenols is 2. The first-order valence-electron chi connectivity index (χ1n) is 12.0. The molecule has 15 heteroatoms. The quantitative estimate of drug-likeness (QED) is 0.0955.